The van der Waals surface area contributed by atoms with E-state index in [4.69, 9.17) is 4.74 Å². The quantitative estimate of drug-likeness (QED) is 0.528. The van der Waals surface area contributed by atoms with Crippen LogP contribution in [-0.2, 0) is 23.9 Å². The van der Waals surface area contributed by atoms with Gasteiger partial charge in [-0.1, -0.05) is 19.1 Å². The number of anilines is 1. The predicted molar refractivity (Wildman–Crippen MR) is 111 cm³/mol. The Hall–Kier alpha value is -3.60. The van der Waals surface area contributed by atoms with Crippen molar-refractivity contribution in [2.75, 3.05) is 11.9 Å². The fourth-order valence-electron chi connectivity index (χ4n) is 3.27. The van der Waals surface area contributed by atoms with Gasteiger partial charge in [-0.15, -0.1) is 0 Å². The summed E-state index contributed by atoms with van der Waals surface area (Å²) in [5.41, 5.74) is 2.40. The molecule has 5 nitrogen and oxygen atoms in total. The second-order valence-electron chi connectivity index (χ2n) is 6.81. The summed E-state index contributed by atoms with van der Waals surface area (Å²) in [6.07, 6.45) is -2.36. The molecule has 0 aliphatic rings. The van der Waals surface area contributed by atoms with Gasteiger partial charge in [0.05, 0.1) is 35.0 Å². The summed E-state index contributed by atoms with van der Waals surface area (Å²) in [7, 11) is 0. The second kappa shape index (κ2) is 9.04. The molecule has 0 atom stereocenters. The number of aromatic nitrogens is 1. The van der Waals surface area contributed by atoms with Gasteiger partial charge in [0.15, 0.2) is 0 Å². The number of carbonyl (C=O) groups excluding carboxylic acids is 1. The number of nitriles is 1. The zero-order valence-corrected chi connectivity index (χ0v) is 17.0. The first kappa shape index (κ1) is 22.1. The fraction of sp³-hybridized carbons (Fsp3) is 0.261. The first-order valence-electron chi connectivity index (χ1n) is 9.71. The minimum Gasteiger partial charge on any atom is -0.462 e. The van der Waals surface area contributed by atoms with Crippen molar-refractivity contribution in [2.45, 2.75) is 33.0 Å². The molecular weight excluding hydrogens is 407 g/mol. The van der Waals surface area contributed by atoms with Crippen LogP contribution in [0.15, 0.2) is 42.6 Å². The lowest BCUT2D eigenvalue weighted by Crippen LogP contribution is -2.12. The van der Waals surface area contributed by atoms with E-state index >= 15 is 0 Å². The van der Waals surface area contributed by atoms with E-state index in [-0.39, 0.29) is 18.7 Å². The number of esters is 1. The molecule has 2 aromatic carbocycles. The molecular formula is C23H20F3N3O2. The number of carbonyl (C=O) groups is 1. The third kappa shape index (κ3) is 4.77. The van der Waals surface area contributed by atoms with Crippen LogP contribution in [0.1, 0.15) is 46.5 Å². The van der Waals surface area contributed by atoms with Crippen LogP contribution >= 0.6 is 0 Å². The monoisotopic (exact) mass is 427 g/mol. The van der Waals surface area contributed by atoms with Crippen LogP contribution in [0.3, 0.4) is 0 Å². The van der Waals surface area contributed by atoms with Crippen molar-refractivity contribution < 1.29 is 22.7 Å². The zero-order valence-electron chi connectivity index (χ0n) is 17.0. The fourth-order valence-corrected chi connectivity index (χ4v) is 3.27. The molecule has 0 saturated carbocycles. The highest BCUT2D eigenvalue weighted by Crippen LogP contribution is 2.32. The lowest BCUT2D eigenvalue weighted by Gasteiger charge is -2.16. The first-order valence-corrected chi connectivity index (χ1v) is 9.71. The number of halogens is 3. The molecule has 0 bridgehead atoms. The van der Waals surface area contributed by atoms with Gasteiger partial charge in [0.1, 0.15) is 5.56 Å². The Labute approximate surface area is 177 Å². The van der Waals surface area contributed by atoms with Crippen molar-refractivity contribution in [3.8, 4) is 6.07 Å². The molecule has 1 N–H and O–H groups in total. The summed E-state index contributed by atoms with van der Waals surface area (Å²) in [5.74, 6) is -0.577. The highest BCUT2D eigenvalue weighted by Gasteiger charge is 2.30. The van der Waals surface area contributed by atoms with E-state index in [1.807, 2.05) is 6.92 Å². The van der Waals surface area contributed by atoms with Crippen LogP contribution in [0, 0.1) is 11.3 Å². The van der Waals surface area contributed by atoms with E-state index in [1.54, 1.807) is 19.1 Å². The number of ether oxygens (including phenoxy) is 1. The first-order chi connectivity index (χ1) is 14.8. The van der Waals surface area contributed by atoms with Gasteiger partial charge in [0.25, 0.3) is 0 Å². The predicted octanol–water partition coefficient (Wildman–Crippen LogP) is 5.48. The Morgan fingerprint density at radius 3 is 2.48 bits per heavy atom. The number of hydrogen-bond acceptors (Lipinski definition) is 5. The van der Waals surface area contributed by atoms with E-state index in [0.29, 0.717) is 34.1 Å². The van der Waals surface area contributed by atoms with Crippen LogP contribution in [0.2, 0.25) is 0 Å². The van der Waals surface area contributed by atoms with Gasteiger partial charge >= 0.3 is 12.1 Å². The molecule has 0 fully saturated rings. The lowest BCUT2D eigenvalue weighted by atomic mass is 10.0. The second-order valence-corrected chi connectivity index (χ2v) is 6.81. The number of nitrogens with one attached hydrogen (secondary N) is 1. The summed E-state index contributed by atoms with van der Waals surface area (Å²) >= 11 is 0. The molecule has 8 heteroatoms. The molecule has 0 aliphatic carbocycles. The average Bonchev–Trinajstić information content (AvgIpc) is 2.76. The van der Waals surface area contributed by atoms with E-state index in [1.165, 1.54) is 18.3 Å². The van der Waals surface area contributed by atoms with Crippen LogP contribution in [0.5, 0.6) is 0 Å². The summed E-state index contributed by atoms with van der Waals surface area (Å²) in [4.78, 5) is 16.9. The van der Waals surface area contributed by atoms with Gasteiger partial charge in [0.2, 0.25) is 0 Å². The summed E-state index contributed by atoms with van der Waals surface area (Å²) in [6, 6.07) is 10.3. The summed E-state index contributed by atoms with van der Waals surface area (Å²) in [6.45, 7) is 3.96. The van der Waals surface area contributed by atoms with Crippen LogP contribution < -0.4 is 5.32 Å². The Morgan fingerprint density at radius 1 is 1.19 bits per heavy atom. The summed E-state index contributed by atoms with van der Waals surface area (Å²) in [5, 5.41) is 13.1. The van der Waals surface area contributed by atoms with Gasteiger partial charge in [-0.25, -0.2) is 4.79 Å². The van der Waals surface area contributed by atoms with Crippen LogP contribution in [0.25, 0.3) is 10.9 Å². The number of benzene rings is 2. The Kier molecular flexibility index (Phi) is 6.44. The maximum Gasteiger partial charge on any atom is 0.416 e. The number of alkyl halides is 3. The number of pyridine rings is 1. The molecule has 0 unspecified atom stereocenters. The number of nitrogens with zero attached hydrogens (tertiary/aromatic N) is 2. The standard InChI is InChI=1S/C23H20F3N3O2/c1-3-16-9-15(11-27)10-18-20(16)29-13-19(22(30)31-4-2)21(18)28-12-14-5-7-17(8-6-14)23(24,25)26/h5-10,13H,3-4,12H2,1-2H3,(H,28,29). The van der Waals surface area contributed by atoms with Crippen molar-refractivity contribution in [2.24, 2.45) is 0 Å². The van der Waals surface area contributed by atoms with Crippen LogP contribution in [-0.4, -0.2) is 17.6 Å². The van der Waals surface area contributed by atoms with Crippen molar-refractivity contribution >= 4 is 22.6 Å². The number of rotatable bonds is 6. The molecule has 3 rings (SSSR count). The third-order valence-electron chi connectivity index (χ3n) is 4.81. The van der Waals surface area contributed by atoms with Gasteiger partial charge in [0, 0.05) is 18.1 Å². The topological polar surface area (TPSA) is 75.0 Å². The van der Waals surface area contributed by atoms with Crippen LogP contribution in [0.4, 0.5) is 18.9 Å². The van der Waals surface area contributed by atoms with E-state index in [0.717, 1.165) is 17.7 Å². The van der Waals surface area contributed by atoms with Crippen molar-refractivity contribution in [3.63, 3.8) is 0 Å². The lowest BCUT2D eigenvalue weighted by molar-refractivity contribution is -0.137. The average molecular weight is 427 g/mol. The third-order valence-corrected chi connectivity index (χ3v) is 4.81. The summed E-state index contributed by atoms with van der Waals surface area (Å²) < 4.78 is 43.5. The van der Waals surface area contributed by atoms with Crippen molar-refractivity contribution in [1.82, 2.24) is 4.98 Å². The van der Waals surface area contributed by atoms with E-state index < -0.39 is 17.7 Å². The molecule has 31 heavy (non-hydrogen) atoms. The maximum atomic E-state index is 12.8. The Morgan fingerprint density at radius 2 is 1.90 bits per heavy atom. The molecule has 1 heterocycles. The molecule has 0 radical (unpaired) electrons. The van der Waals surface area contributed by atoms with Gasteiger partial charge in [-0.3, -0.25) is 4.98 Å². The molecule has 0 spiro atoms. The van der Waals surface area contributed by atoms with Gasteiger partial charge < -0.3 is 10.1 Å². The minimum absolute atomic E-state index is 0.169. The highest BCUT2D eigenvalue weighted by atomic mass is 19.4. The zero-order chi connectivity index (χ0) is 22.6. The molecule has 0 saturated heterocycles. The number of fused-ring (bicyclic) bond motifs is 1. The highest BCUT2D eigenvalue weighted by molar-refractivity contribution is 6.06. The Bertz CT molecular complexity index is 1150. The molecule has 0 amide bonds. The normalized spacial score (nSPS) is 11.2. The van der Waals surface area contributed by atoms with E-state index in [2.05, 4.69) is 16.4 Å². The van der Waals surface area contributed by atoms with E-state index in [9.17, 15) is 23.2 Å². The Balaban J connectivity index is 2.06. The molecule has 3 aromatic rings. The molecule has 0 aliphatic heterocycles. The van der Waals surface area contributed by atoms with Crippen molar-refractivity contribution in [1.29, 1.82) is 5.26 Å². The smallest absolute Gasteiger partial charge is 0.416 e. The molecule has 160 valence electrons. The number of aryl methyl sites for hydroxylation is 1. The van der Waals surface area contributed by atoms with Gasteiger partial charge in [-0.05, 0) is 48.7 Å². The largest absolute Gasteiger partial charge is 0.462 e. The maximum absolute atomic E-state index is 12.8. The SMILES string of the molecule is CCOC(=O)c1cnc2c(CC)cc(C#N)cc2c1NCc1ccc(C(F)(F)F)cc1. The van der Waals surface area contributed by atoms with Crippen molar-refractivity contribution in [3.05, 3.63) is 70.4 Å². The minimum atomic E-state index is -4.41. The van der Waals surface area contributed by atoms with Gasteiger partial charge in [-0.2, -0.15) is 18.4 Å². The molecule has 1 aromatic heterocycles. The number of hydrogen-bond donors (Lipinski definition) is 1.